The number of rotatable bonds is 10. The van der Waals surface area contributed by atoms with Crippen molar-refractivity contribution in [3.8, 4) is 11.5 Å². The molecule has 1 aliphatic heterocycles. The highest BCUT2D eigenvalue weighted by molar-refractivity contribution is 5.94. The topological polar surface area (TPSA) is 167 Å². The number of aliphatic hydroxyl groups excluding tert-OH is 1. The maximum Gasteiger partial charge on any atom is 0.329 e. The van der Waals surface area contributed by atoms with Gasteiger partial charge in [0.05, 0.1) is 5.92 Å². The summed E-state index contributed by atoms with van der Waals surface area (Å²) in [5.74, 6) is -3.77. The van der Waals surface area contributed by atoms with E-state index in [0.717, 1.165) is 19.3 Å². The van der Waals surface area contributed by atoms with Crippen molar-refractivity contribution in [2.24, 2.45) is 28.4 Å². The minimum atomic E-state index is -1.50. The molecule has 1 heterocycles. The molecule has 10 heteroatoms. The van der Waals surface area contributed by atoms with Gasteiger partial charge in [0.1, 0.15) is 18.2 Å². The molecule has 5 N–H and O–H groups in total. The second-order valence-corrected chi connectivity index (χ2v) is 12.3. The van der Waals surface area contributed by atoms with Gasteiger partial charge in [-0.15, -0.1) is 0 Å². The van der Waals surface area contributed by atoms with Crippen molar-refractivity contribution in [3.05, 3.63) is 23.8 Å². The van der Waals surface area contributed by atoms with Crippen LogP contribution in [0.4, 0.5) is 0 Å². The first-order valence-electron chi connectivity index (χ1n) is 13.8. The van der Waals surface area contributed by atoms with E-state index in [0.29, 0.717) is 30.9 Å². The van der Waals surface area contributed by atoms with E-state index in [2.05, 4.69) is 20.8 Å². The van der Waals surface area contributed by atoms with Crippen LogP contribution >= 0.6 is 0 Å². The zero-order chi connectivity index (χ0) is 28.7. The molecule has 214 valence electrons. The highest BCUT2D eigenvalue weighted by Crippen LogP contribution is 2.66. The summed E-state index contributed by atoms with van der Waals surface area (Å²) in [4.78, 5) is 52.9. The van der Waals surface area contributed by atoms with E-state index < -0.39 is 54.5 Å². The van der Waals surface area contributed by atoms with E-state index >= 15 is 0 Å². The number of primary amides is 1. The first kappa shape index (κ1) is 28.9. The largest absolute Gasteiger partial charge is 0.504 e. The van der Waals surface area contributed by atoms with Gasteiger partial charge in [-0.3, -0.25) is 14.4 Å². The molecule has 39 heavy (non-hydrogen) atoms. The van der Waals surface area contributed by atoms with Crippen LogP contribution in [0, 0.1) is 22.7 Å². The number of ketones is 1. The number of phenolic OH excluding ortho intramolecular Hbond substituents is 2. The van der Waals surface area contributed by atoms with Crippen molar-refractivity contribution in [1.29, 1.82) is 0 Å². The van der Waals surface area contributed by atoms with Gasteiger partial charge in [-0.1, -0.05) is 26.8 Å². The molecule has 0 spiro atoms. The molecule has 2 amide bonds. The number of aromatic hydroxyl groups is 2. The van der Waals surface area contributed by atoms with E-state index in [1.807, 2.05) is 0 Å². The van der Waals surface area contributed by atoms with Crippen LogP contribution in [0.1, 0.15) is 71.3 Å². The minimum absolute atomic E-state index is 0.0653. The van der Waals surface area contributed by atoms with Crippen molar-refractivity contribution in [2.75, 3.05) is 6.54 Å². The predicted molar refractivity (Wildman–Crippen MR) is 140 cm³/mol. The molecule has 0 aromatic heterocycles. The van der Waals surface area contributed by atoms with Gasteiger partial charge in [0.15, 0.2) is 17.3 Å². The number of likely N-dealkylation sites (tertiary alicyclic amines) is 1. The lowest BCUT2D eigenvalue weighted by atomic mass is 9.70. The lowest BCUT2D eigenvalue weighted by Crippen LogP contribution is -2.48. The first-order chi connectivity index (χ1) is 18.2. The molecule has 1 saturated heterocycles. The summed E-state index contributed by atoms with van der Waals surface area (Å²) in [6, 6.07) is 3.14. The molecule has 1 aromatic carbocycles. The molecule has 2 aliphatic carbocycles. The second-order valence-electron chi connectivity index (χ2n) is 12.3. The van der Waals surface area contributed by atoms with Crippen molar-refractivity contribution in [3.63, 3.8) is 0 Å². The van der Waals surface area contributed by atoms with Crippen molar-refractivity contribution in [1.82, 2.24) is 4.90 Å². The molecule has 4 rings (SSSR count). The van der Waals surface area contributed by atoms with E-state index in [1.54, 1.807) is 0 Å². The van der Waals surface area contributed by atoms with Gasteiger partial charge in [-0.25, -0.2) is 4.79 Å². The van der Waals surface area contributed by atoms with Crippen LogP contribution < -0.4 is 5.73 Å². The lowest BCUT2D eigenvalue weighted by molar-refractivity contribution is -0.165. The Morgan fingerprint density at radius 3 is 2.41 bits per heavy atom. The fourth-order valence-electron chi connectivity index (χ4n) is 6.94. The van der Waals surface area contributed by atoms with Gasteiger partial charge in [-0.2, -0.15) is 0 Å². The number of fused-ring (bicyclic) bond motifs is 2. The Labute approximate surface area is 228 Å². The predicted octanol–water partition coefficient (Wildman–Crippen LogP) is 2.20. The standard InChI is InChI=1S/C29H40N2O8/c1-28(2)18-8-9-29(28,3)24(15-18)39-27(38)19-5-4-10-31(19)26(37)17(14-25(30)36)13-23(35)22(34)12-16-6-7-20(32)21(33)11-16/h6-7,11,17-19,22,24,32-34H,4-5,8-10,12-15H2,1-3H3,(H2,30,36). The molecule has 2 saturated carbocycles. The Hall–Kier alpha value is -3.14. The number of nitrogens with zero attached hydrogens (tertiary/aromatic N) is 1. The van der Waals surface area contributed by atoms with Crippen LogP contribution in [0.2, 0.25) is 0 Å². The van der Waals surface area contributed by atoms with Crippen LogP contribution in [0.15, 0.2) is 18.2 Å². The molecule has 10 nitrogen and oxygen atoms in total. The summed E-state index contributed by atoms with van der Waals surface area (Å²) in [6.07, 6.45) is 1.25. The number of hydrogen-bond donors (Lipinski definition) is 4. The number of esters is 1. The Balaban J connectivity index is 1.42. The summed E-state index contributed by atoms with van der Waals surface area (Å²) >= 11 is 0. The number of aliphatic hydroxyl groups is 1. The fraction of sp³-hybridized carbons (Fsp3) is 0.655. The molecule has 0 radical (unpaired) electrons. The van der Waals surface area contributed by atoms with E-state index in [4.69, 9.17) is 10.5 Å². The lowest BCUT2D eigenvalue weighted by Gasteiger charge is -2.39. The third-order valence-corrected chi connectivity index (χ3v) is 9.87. The van der Waals surface area contributed by atoms with Crippen LogP contribution in [0.25, 0.3) is 0 Å². The van der Waals surface area contributed by atoms with Gasteiger partial charge in [0.2, 0.25) is 11.8 Å². The molecule has 3 aliphatic rings. The number of hydrogen-bond acceptors (Lipinski definition) is 8. The van der Waals surface area contributed by atoms with Crippen LogP contribution in [0.3, 0.4) is 0 Å². The Kier molecular flexibility index (Phi) is 7.98. The van der Waals surface area contributed by atoms with E-state index in [9.17, 15) is 34.5 Å². The highest BCUT2D eigenvalue weighted by Gasteiger charge is 2.63. The molecule has 6 atom stereocenters. The number of Topliss-reactive ketones (excluding diaryl/α,β-unsaturated/α-hetero) is 1. The van der Waals surface area contributed by atoms with Gasteiger partial charge >= 0.3 is 5.97 Å². The summed E-state index contributed by atoms with van der Waals surface area (Å²) in [5, 5.41) is 29.6. The van der Waals surface area contributed by atoms with Gasteiger partial charge in [0, 0.05) is 31.2 Å². The van der Waals surface area contributed by atoms with Crippen molar-refractivity contribution >= 4 is 23.6 Å². The van der Waals surface area contributed by atoms with Crippen molar-refractivity contribution < 1.29 is 39.2 Å². The zero-order valence-corrected chi connectivity index (χ0v) is 22.9. The summed E-state index contributed by atoms with van der Waals surface area (Å²) < 4.78 is 6.04. The quantitative estimate of drug-likeness (QED) is 0.257. The number of phenols is 2. The van der Waals surface area contributed by atoms with Gasteiger partial charge in [-0.05, 0) is 61.1 Å². The van der Waals surface area contributed by atoms with E-state index in [1.165, 1.54) is 23.1 Å². The molecule has 6 unspecified atom stereocenters. The first-order valence-corrected chi connectivity index (χ1v) is 13.8. The Bertz CT molecular complexity index is 1150. The SMILES string of the molecule is CC1(C)C2CCC1(C)C(OC(=O)C1CCCN1C(=O)C(CC(N)=O)CC(=O)C(O)Cc1ccc(O)c(O)c1)C2. The zero-order valence-electron chi connectivity index (χ0n) is 22.9. The van der Waals surface area contributed by atoms with E-state index in [-0.39, 0.29) is 34.9 Å². The normalized spacial score (nSPS) is 28.7. The maximum atomic E-state index is 13.5. The monoisotopic (exact) mass is 544 g/mol. The smallest absolute Gasteiger partial charge is 0.329 e. The third-order valence-electron chi connectivity index (χ3n) is 9.87. The average Bonchev–Trinajstić information content (AvgIpc) is 3.49. The van der Waals surface area contributed by atoms with Gasteiger partial charge < -0.3 is 30.7 Å². The second kappa shape index (κ2) is 10.8. The Morgan fingerprint density at radius 2 is 1.82 bits per heavy atom. The Morgan fingerprint density at radius 1 is 1.10 bits per heavy atom. The number of benzene rings is 1. The number of amides is 2. The third kappa shape index (κ3) is 5.48. The van der Waals surface area contributed by atoms with Crippen LogP contribution in [0.5, 0.6) is 11.5 Å². The minimum Gasteiger partial charge on any atom is -0.504 e. The molecule has 2 bridgehead atoms. The molecular formula is C29H40N2O8. The number of ether oxygens (including phenoxy) is 1. The number of carbonyl (C=O) groups is 4. The summed E-state index contributed by atoms with van der Waals surface area (Å²) in [7, 11) is 0. The molecule has 1 aromatic rings. The maximum absolute atomic E-state index is 13.5. The molecule has 3 fully saturated rings. The average molecular weight is 545 g/mol. The summed E-state index contributed by atoms with van der Waals surface area (Å²) in [5.41, 5.74) is 5.74. The van der Waals surface area contributed by atoms with Crippen LogP contribution in [-0.4, -0.2) is 68.6 Å². The number of nitrogens with two attached hydrogens (primary N) is 1. The van der Waals surface area contributed by atoms with Crippen LogP contribution in [-0.2, 0) is 30.3 Å². The highest BCUT2D eigenvalue weighted by atomic mass is 16.5. The van der Waals surface area contributed by atoms with Crippen molar-refractivity contribution in [2.45, 2.75) is 90.4 Å². The van der Waals surface area contributed by atoms with Gasteiger partial charge in [0.25, 0.3) is 0 Å². The molecular weight excluding hydrogens is 504 g/mol. The number of carbonyl (C=O) groups excluding carboxylic acids is 4. The summed E-state index contributed by atoms with van der Waals surface area (Å²) in [6.45, 7) is 6.94. The fourth-order valence-corrected chi connectivity index (χ4v) is 6.94.